The summed E-state index contributed by atoms with van der Waals surface area (Å²) in [5.74, 6) is 1.51. The molecule has 0 atom stereocenters. The van der Waals surface area contributed by atoms with Crippen molar-refractivity contribution in [3.63, 3.8) is 0 Å². The first-order valence-electron chi connectivity index (χ1n) is 9.15. The van der Waals surface area contributed by atoms with E-state index in [1.807, 2.05) is 6.92 Å². The minimum absolute atomic E-state index is 0.447. The summed E-state index contributed by atoms with van der Waals surface area (Å²) in [5, 5.41) is 14.8. The fourth-order valence-electron chi connectivity index (χ4n) is 3.82. The van der Waals surface area contributed by atoms with E-state index >= 15 is 0 Å². The Labute approximate surface area is 138 Å². The molecule has 1 aliphatic carbocycles. The van der Waals surface area contributed by atoms with Crippen LogP contribution in [0.5, 0.6) is 0 Å². The zero-order chi connectivity index (χ0) is 16.1. The summed E-state index contributed by atoms with van der Waals surface area (Å²) < 4.78 is 5.19. The van der Waals surface area contributed by atoms with Crippen LogP contribution in [0, 0.1) is 0 Å². The van der Waals surface area contributed by atoms with Gasteiger partial charge >= 0.3 is 0 Å². The summed E-state index contributed by atoms with van der Waals surface area (Å²) in [7, 11) is 0. The molecule has 0 spiro atoms. The van der Waals surface area contributed by atoms with Crippen LogP contribution in [-0.2, 0) is 13.0 Å². The van der Waals surface area contributed by atoms with Crippen LogP contribution in [0.15, 0.2) is 4.52 Å². The van der Waals surface area contributed by atoms with E-state index in [1.54, 1.807) is 0 Å². The van der Waals surface area contributed by atoms with Crippen molar-refractivity contribution in [2.24, 2.45) is 0 Å². The highest BCUT2D eigenvalue weighted by atomic mass is 16.5. The Morgan fingerprint density at radius 2 is 1.78 bits per heavy atom. The molecule has 1 saturated carbocycles. The topological polar surface area (TPSA) is 65.6 Å². The van der Waals surface area contributed by atoms with Crippen LogP contribution in [0.2, 0.25) is 0 Å². The van der Waals surface area contributed by atoms with Gasteiger partial charge in [-0.1, -0.05) is 31.3 Å². The molecule has 0 bridgehead atoms. The molecule has 2 aliphatic rings. The van der Waals surface area contributed by atoms with E-state index < -0.39 is 5.60 Å². The number of nitrogens with zero attached hydrogens (tertiary/aromatic N) is 4. The Bertz CT molecular complexity index is 485. The Morgan fingerprint density at radius 3 is 2.52 bits per heavy atom. The van der Waals surface area contributed by atoms with Gasteiger partial charge in [-0.25, -0.2) is 0 Å². The smallest absolute Gasteiger partial charge is 0.226 e. The van der Waals surface area contributed by atoms with Crippen LogP contribution in [0.3, 0.4) is 0 Å². The summed E-state index contributed by atoms with van der Waals surface area (Å²) >= 11 is 0. The second-order valence-electron chi connectivity index (χ2n) is 7.15. The minimum atomic E-state index is -0.447. The summed E-state index contributed by atoms with van der Waals surface area (Å²) in [6.45, 7) is 7.78. The van der Waals surface area contributed by atoms with Crippen molar-refractivity contribution >= 4 is 0 Å². The van der Waals surface area contributed by atoms with Gasteiger partial charge in [-0.3, -0.25) is 9.80 Å². The van der Waals surface area contributed by atoms with Gasteiger partial charge in [-0.05, 0) is 32.4 Å². The van der Waals surface area contributed by atoms with Crippen molar-refractivity contribution in [1.29, 1.82) is 0 Å². The molecule has 2 heterocycles. The highest BCUT2D eigenvalue weighted by Gasteiger charge is 2.31. The first kappa shape index (κ1) is 16.9. The monoisotopic (exact) mass is 322 g/mol. The Kier molecular flexibility index (Phi) is 5.67. The second kappa shape index (κ2) is 7.73. The minimum Gasteiger partial charge on any atom is -0.389 e. The zero-order valence-electron chi connectivity index (χ0n) is 14.3. The van der Waals surface area contributed by atoms with Gasteiger partial charge in [0.05, 0.1) is 12.1 Å². The van der Waals surface area contributed by atoms with E-state index in [-0.39, 0.29) is 0 Å². The van der Waals surface area contributed by atoms with E-state index in [0.717, 1.165) is 76.7 Å². The average molecular weight is 322 g/mol. The SMILES string of the molecule is CCc1nc(CN2CCCN(CC3(O)CCCCC3)CC2)no1. The van der Waals surface area contributed by atoms with Crippen LogP contribution in [0.25, 0.3) is 0 Å². The van der Waals surface area contributed by atoms with Crippen LogP contribution >= 0.6 is 0 Å². The zero-order valence-corrected chi connectivity index (χ0v) is 14.3. The third kappa shape index (κ3) is 4.75. The van der Waals surface area contributed by atoms with Crippen LogP contribution in [0.1, 0.15) is 57.2 Å². The van der Waals surface area contributed by atoms with Gasteiger partial charge in [0.1, 0.15) is 0 Å². The van der Waals surface area contributed by atoms with Gasteiger partial charge in [0.15, 0.2) is 5.82 Å². The van der Waals surface area contributed by atoms with Crippen LogP contribution in [0.4, 0.5) is 0 Å². The number of β-amino-alcohol motifs (C(OH)–C–C–N with tert-alkyl or cyclic N) is 1. The largest absolute Gasteiger partial charge is 0.389 e. The molecular weight excluding hydrogens is 292 g/mol. The lowest BCUT2D eigenvalue weighted by Crippen LogP contribution is -2.45. The molecule has 6 nitrogen and oxygen atoms in total. The molecule has 0 radical (unpaired) electrons. The fourth-order valence-corrected chi connectivity index (χ4v) is 3.82. The third-order valence-electron chi connectivity index (χ3n) is 5.16. The summed E-state index contributed by atoms with van der Waals surface area (Å²) in [6.07, 6.45) is 7.49. The Hall–Kier alpha value is -0.980. The van der Waals surface area contributed by atoms with E-state index in [2.05, 4.69) is 19.9 Å². The van der Waals surface area contributed by atoms with Crippen molar-refractivity contribution < 1.29 is 9.63 Å². The lowest BCUT2D eigenvalue weighted by molar-refractivity contribution is -0.0254. The van der Waals surface area contributed by atoms with Gasteiger partial charge in [0, 0.05) is 26.1 Å². The maximum atomic E-state index is 10.8. The number of rotatable bonds is 5. The predicted molar refractivity (Wildman–Crippen MR) is 88.0 cm³/mol. The molecule has 1 aliphatic heterocycles. The van der Waals surface area contributed by atoms with E-state index in [1.165, 1.54) is 19.3 Å². The van der Waals surface area contributed by atoms with Gasteiger partial charge in [-0.15, -0.1) is 0 Å². The molecule has 130 valence electrons. The molecule has 0 amide bonds. The standard InChI is InChI=1S/C17H30N4O2/c1-2-16-18-15(19-23-16)13-20-9-6-10-21(12-11-20)14-17(22)7-4-3-5-8-17/h22H,2-14H2,1H3. The van der Waals surface area contributed by atoms with Gasteiger partial charge in [-0.2, -0.15) is 4.98 Å². The fraction of sp³-hybridized carbons (Fsp3) is 0.882. The molecule has 23 heavy (non-hydrogen) atoms. The number of aryl methyl sites for hydroxylation is 1. The highest BCUT2D eigenvalue weighted by Crippen LogP contribution is 2.29. The van der Waals surface area contributed by atoms with Gasteiger partial charge < -0.3 is 9.63 Å². The van der Waals surface area contributed by atoms with Gasteiger partial charge in [0.25, 0.3) is 0 Å². The molecule has 1 saturated heterocycles. The summed E-state index contributed by atoms with van der Waals surface area (Å²) in [4.78, 5) is 9.25. The maximum Gasteiger partial charge on any atom is 0.226 e. The van der Waals surface area contributed by atoms with Crippen molar-refractivity contribution in [2.45, 2.75) is 64.0 Å². The molecule has 1 aromatic heterocycles. The Morgan fingerprint density at radius 1 is 1.04 bits per heavy atom. The number of aliphatic hydroxyl groups is 1. The van der Waals surface area contributed by atoms with Crippen molar-refractivity contribution in [1.82, 2.24) is 19.9 Å². The highest BCUT2D eigenvalue weighted by molar-refractivity contribution is 4.89. The number of hydrogen-bond acceptors (Lipinski definition) is 6. The molecule has 1 aromatic rings. The van der Waals surface area contributed by atoms with E-state index in [0.29, 0.717) is 0 Å². The quantitative estimate of drug-likeness (QED) is 0.892. The van der Waals surface area contributed by atoms with Gasteiger partial charge in [0.2, 0.25) is 5.89 Å². The summed E-state index contributed by atoms with van der Waals surface area (Å²) in [5.41, 5.74) is -0.447. The van der Waals surface area contributed by atoms with E-state index in [4.69, 9.17) is 4.52 Å². The molecule has 3 rings (SSSR count). The first-order valence-corrected chi connectivity index (χ1v) is 9.15. The molecule has 0 unspecified atom stereocenters. The second-order valence-corrected chi connectivity index (χ2v) is 7.15. The average Bonchev–Trinajstić information content (AvgIpc) is 2.89. The molecule has 6 heteroatoms. The van der Waals surface area contributed by atoms with E-state index in [9.17, 15) is 5.11 Å². The van der Waals surface area contributed by atoms with Crippen molar-refractivity contribution in [3.8, 4) is 0 Å². The summed E-state index contributed by atoms with van der Waals surface area (Å²) in [6, 6.07) is 0. The normalized spacial score (nSPS) is 23.7. The number of hydrogen-bond donors (Lipinski definition) is 1. The van der Waals surface area contributed by atoms with Crippen molar-refractivity contribution in [2.75, 3.05) is 32.7 Å². The Balaban J connectivity index is 1.48. The first-order chi connectivity index (χ1) is 11.2. The predicted octanol–water partition coefficient (Wildman–Crippen LogP) is 1.83. The molecule has 0 aromatic carbocycles. The third-order valence-corrected chi connectivity index (χ3v) is 5.16. The lowest BCUT2D eigenvalue weighted by atomic mass is 9.84. The molecule has 1 N–H and O–H groups in total. The maximum absolute atomic E-state index is 10.8. The van der Waals surface area contributed by atoms with Crippen LogP contribution in [-0.4, -0.2) is 63.4 Å². The van der Waals surface area contributed by atoms with Crippen LogP contribution < -0.4 is 0 Å². The number of aromatic nitrogens is 2. The lowest BCUT2D eigenvalue weighted by Gasteiger charge is -2.36. The molecule has 2 fully saturated rings. The molecular formula is C17H30N4O2. The van der Waals surface area contributed by atoms with Crippen molar-refractivity contribution in [3.05, 3.63) is 11.7 Å².